The normalized spacial score (nSPS) is 18.5. The van der Waals surface area contributed by atoms with Crippen molar-refractivity contribution in [2.24, 2.45) is 0 Å². The van der Waals surface area contributed by atoms with Crippen LogP contribution in [0.5, 0.6) is 0 Å². The molecule has 22 heavy (non-hydrogen) atoms. The number of piperidine rings is 1. The highest BCUT2D eigenvalue weighted by Crippen LogP contribution is 2.27. The second kappa shape index (κ2) is 6.30. The summed E-state index contributed by atoms with van der Waals surface area (Å²) in [5, 5.41) is 7.54. The minimum absolute atomic E-state index is 0.108. The minimum atomic E-state index is 0.108. The van der Waals surface area contributed by atoms with Gasteiger partial charge in [-0.1, -0.05) is 40.1 Å². The average Bonchev–Trinajstić information content (AvgIpc) is 2.92. The lowest BCUT2D eigenvalue weighted by Gasteiger charge is -2.33. The maximum absolute atomic E-state index is 12.5. The van der Waals surface area contributed by atoms with Gasteiger partial charge in [-0.25, -0.2) is 4.63 Å². The first kappa shape index (κ1) is 14.8. The second-order valence-corrected chi connectivity index (χ2v) is 6.07. The number of rotatable bonds is 3. The van der Waals surface area contributed by atoms with E-state index < -0.39 is 0 Å². The molecular formula is C17H21N3O2. The highest BCUT2D eigenvalue weighted by Gasteiger charge is 2.25. The first-order valence-electron chi connectivity index (χ1n) is 7.76. The van der Waals surface area contributed by atoms with Gasteiger partial charge in [-0.15, -0.1) is 0 Å². The van der Waals surface area contributed by atoms with Crippen LogP contribution in [-0.2, 0) is 11.2 Å². The van der Waals surface area contributed by atoms with Gasteiger partial charge in [-0.3, -0.25) is 4.79 Å². The summed E-state index contributed by atoms with van der Waals surface area (Å²) >= 11 is 0. The van der Waals surface area contributed by atoms with Gasteiger partial charge in [0.05, 0.1) is 6.42 Å². The van der Waals surface area contributed by atoms with Crippen LogP contribution >= 0.6 is 0 Å². The van der Waals surface area contributed by atoms with Gasteiger partial charge in [-0.05, 0) is 32.3 Å². The first-order chi connectivity index (χ1) is 10.6. The zero-order chi connectivity index (χ0) is 15.5. The SMILES string of the molecule is Cc1cccc([C@@H]2CCCN(C(=O)Cc3nonc3C)C2)c1. The number of benzene rings is 1. The quantitative estimate of drug-likeness (QED) is 0.874. The number of amides is 1. The lowest BCUT2D eigenvalue weighted by atomic mass is 9.89. The standard InChI is InChI=1S/C17H21N3O2/c1-12-5-3-6-14(9-12)15-7-4-8-20(11-15)17(21)10-16-13(2)18-22-19-16/h3,5-6,9,15H,4,7-8,10-11H2,1-2H3/t15-/m1/s1. The van der Waals surface area contributed by atoms with E-state index in [2.05, 4.69) is 46.1 Å². The predicted octanol–water partition coefficient (Wildman–Crippen LogP) is 2.64. The molecule has 0 radical (unpaired) electrons. The molecule has 2 heterocycles. The maximum atomic E-state index is 12.5. The van der Waals surface area contributed by atoms with Gasteiger partial charge in [0.1, 0.15) is 11.4 Å². The van der Waals surface area contributed by atoms with E-state index in [1.165, 1.54) is 11.1 Å². The molecule has 1 aromatic carbocycles. The summed E-state index contributed by atoms with van der Waals surface area (Å²) < 4.78 is 4.67. The van der Waals surface area contributed by atoms with Crippen LogP contribution in [0.4, 0.5) is 0 Å². The van der Waals surface area contributed by atoms with Crippen molar-refractivity contribution in [1.82, 2.24) is 15.2 Å². The highest BCUT2D eigenvalue weighted by molar-refractivity contribution is 5.78. The summed E-state index contributed by atoms with van der Waals surface area (Å²) in [5.74, 6) is 0.533. The van der Waals surface area contributed by atoms with E-state index in [9.17, 15) is 4.79 Å². The number of aryl methyl sites for hydroxylation is 2. The Kier molecular flexibility index (Phi) is 4.22. The number of hydrogen-bond donors (Lipinski definition) is 0. The van der Waals surface area contributed by atoms with Crippen LogP contribution in [0.15, 0.2) is 28.9 Å². The number of carbonyl (C=O) groups excluding carboxylic acids is 1. The third-order valence-corrected chi connectivity index (χ3v) is 4.35. The molecule has 0 saturated carbocycles. The zero-order valence-corrected chi connectivity index (χ0v) is 13.1. The fourth-order valence-electron chi connectivity index (χ4n) is 3.06. The van der Waals surface area contributed by atoms with E-state index in [-0.39, 0.29) is 12.3 Å². The second-order valence-electron chi connectivity index (χ2n) is 6.07. The van der Waals surface area contributed by atoms with Gasteiger partial charge >= 0.3 is 0 Å². The lowest BCUT2D eigenvalue weighted by Crippen LogP contribution is -2.40. The molecule has 1 aromatic heterocycles. The average molecular weight is 299 g/mol. The zero-order valence-electron chi connectivity index (χ0n) is 13.1. The molecule has 3 rings (SSSR count). The van der Waals surface area contributed by atoms with Gasteiger partial charge in [0.2, 0.25) is 5.91 Å². The van der Waals surface area contributed by atoms with Crippen molar-refractivity contribution < 1.29 is 9.42 Å². The number of likely N-dealkylation sites (tertiary alicyclic amines) is 1. The van der Waals surface area contributed by atoms with Crippen LogP contribution in [0, 0.1) is 13.8 Å². The number of aromatic nitrogens is 2. The Bertz CT molecular complexity index is 665. The molecule has 1 aliphatic rings. The van der Waals surface area contributed by atoms with E-state index in [1.807, 2.05) is 11.8 Å². The van der Waals surface area contributed by atoms with E-state index in [4.69, 9.17) is 0 Å². The molecule has 5 heteroatoms. The molecule has 0 N–H and O–H groups in total. The Labute approximate surface area is 130 Å². The molecule has 116 valence electrons. The summed E-state index contributed by atoms with van der Waals surface area (Å²) in [4.78, 5) is 14.4. The first-order valence-corrected chi connectivity index (χ1v) is 7.76. The van der Waals surface area contributed by atoms with Crippen molar-refractivity contribution in [1.29, 1.82) is 0 Å². The van der Waals surface area contributed by atoms with Crippen LogP contribution in [0.3, 0.4) is 0 Å². The Morgan fingerprint density at radius 1 is 1.36 bits per heavy atom. The highest BCUT2D eigenvalue weighted by atomic mass is 16.6. The van der Waals surface area contributed by atoms with Crippen molar-refractivity contribution in [2.45, 2.75) is 39.0 Å². The molecular weight excluding hydrogens is 278 g/mol. The molecule has 0 unspecified atom stereocenters. The molecule has 1 saturated heterocycles. The van der Waals surface area contributed by atoms with E-state index in [0.717, 1.165) is 25.9 Å². The van der Waals surface area contributed by atoms with Crippen LogP contribution in [0.1, 0.15) is 41.3 Å². The Hall–Kier alpha value is -2.17. The predicted molar refractivity (Wildman–Crippen MR) is 82.5 cm³/mol. The van der Waals surface area contributed by atoms with Gasteiger partial charge in [0.25, 0.3) is 0 Å². The molecule has 0 spiro atoms. The van der Waals surface area contributed by atoms with Crippen LogP contribution in [-0.4, -0.2) is 34.2 Å². The molecule has 0 bridgehead atoms. The fourth-order valence-corrected chi connectivity index (χ4v) is 3.06. The molecule has 1 atom stereocenters. The molecule has 1 aliphatic heterocycles. The van der Waals surface area contributed by atoms with Crippen molar-refractivity contribution in [2.75, 3.05) is 13.1 Å². The minimum Gasteiger partial charge on any atom is -0.342 e. The van der Waals surface area contributed by atoms with Crippen molar-refractivity contribution in [3.05, 3.63) is 46.8 Å². The summed E-state index contributed by atoms with van der Waals surface area (Å²) in [6, 6.07) is 8.59. The monoisotopic (exact) mass is 299 g/mol. The fraction of sp³-hybridized carbons (Fsp3) is 0.471. The van der Waals surface area contributed by atoms with E-state index >= 15 is 0 Å². The molecule has 1 fully saturated rings. The van der Waals surface area contributed by atoms with E-state index in [0.29, 0.717) is 17.3 Å². The number of nitrogens with zero attached hydrogens (tertiary/aromatic N) is 3. The van der Waals surface area contributed by atoms with Crippen LogP contribution in [0.25, 0.3) is 0 Å². The number of hydrogen-bond acceptors (Lipinski definition) is 4. The Morgan fingerprint density at radius 3 is 2.95 bits per heavy atom. The van der Waals surface area contributed by atoms with Crippen molar-refractivity contribution >= 4 is 5.91 Å². The number of carbonyl (C=O) groups is 1. The summed E-state index contributed by atoms with van der Waals surface area (Å²) in [6.07, 6.45) is 2.45. The van der Waals surface area contributed by atoms with Gasteiger partial charge in [-0.2, -0.15) is 0 Å². The Balaban J connectivity index is 1.67. The van der Waals surface area contributed by atoms with Gasteiger partial charge in [0, 0.05) is 19.0 Å². The molecule has 1 amide bonds. The molecule has 5 nitrogen and oxygen atoms in total. The topological polar surface area (TPSA) is 59.2 Å². The summed E-state index contributed by atoms with van der Waals surface area (Å²) in [7, 11) is 0. The van der Waals surface area contributed by atoms with Gasteiger partial charge in [0.15, 0.2) is 0 Å². The summed E-state index contributed by atoms with van der Waals surface area (Å²) in [6.45, 7) is 5.53. The Morgan fingerprint density at radius 2 is 2.23 bits per heavy atom. The van der Waals surface area contributed by atoms with Crippen LogP contribution in [0.2, 0.25) is 0 Å². The summed E-state index contributed by atoms with van der Waals surface area (Å²) in [5.41, 5.74) is 3.94. The lowest BCUT2D eigenvalue weighted by molar-refractivity contribution is -0.131. The molecule has 0 aliphatic carbocycles. The van der Waals surface area contributed by atoms with Gasteiger partial charge < -0.3 is 4.90 Å². The maximum Gasteiger partial charge on any atom is 0.228 e. The van der Waals surface area contributed by atoms with Crippen LogP contribution < -0.4 is 0 Å². The van der Waals surface area contributed by atoms with E-state index in [1.54, 1.807) is 0 Å². The largest absolute Gasteiger partial charge is 0.342 e. The third-order valence-electron chi connectivity index (χ3n) is 4.35. The third kappa shape index (κ3) is 3.18. The smallest absolute Gasteiger partial charge is 0.228 e. The van der Waals surface area contributed by atoms with Crippen molar-refractivity contribution in [3.63, 3.8) is 0 Å². The molecule has 2 aromatic rings. The van der Waals surface area contributed by atoms with Crippen molar-refractivity contribution in [3.8, 4) is 0 Å².